The van der Waals surface area contributed by atoms with Crippen LogP contribution in [0.4, 0.5) is 0 Å². The molecule has 0 spiro atoms. The maximum atomic E-state index is 3.12. The van der Waals surface area contributed by atoms with Crippen LogP contribution in [0.2, 0.25) is 0 Å². The van der Waals surface area contributed by atoms with Crippen LogP contribution in [-0.2, 0) is 26.2 Å². The average molecular weight is 285 g/mol. The van der Waals surface area contributed by atoms with Crippen LogP contribution >= 0.6 is 0 Å². The third-order valence-electron chi connectivity index (χ3n) is 1.73. The van der Waals surface area contributed by atoms with Crippen molar-refractivity contribution < 1.29 is 38.6 Å². The molecule has 73 valence electrons. The van der Waals surface area contributed by atoms with Crippen molar-refractivity contribution in [3.8, 4) is 0 Å². The van der Waals surface area contributed by atoms with Crippen molar-refractivity contribution in [2.75, 3.05) is 0 Å². The van der Waals surface area contributed by atoms with Crippen LogP contribution < -0.4 is 12.4 Å². The molecule has 0 N–H and O–H groups in total. The van der Waals surface area contributed by atoms with Crippen molar-refractivity contribution in [3.63, 3.8) is 0 Å². The second-order valence-corrected chi connectivity index (χ2v) is 2.93. The summed E-state index contributed by atoms with van der Waals surface area (Å²) in [5.74, 6) is 0. The molecular weight excluding hydrogens is 271 g/mol. The first kappa shape index (κ1) is 16.6. The predicted molar refractivity (Wildman–Crippen MR) is 52.4 cm³/mol. The monoisotopic (exact) mass is 283 g/mol. The largest absolute Gasteiger partial charge is 3.00 e. The van der Waals surface area contributed by atoms with Crippen molar-refractivity contribution in [2.45, 2.75) is 26.7 Å². The van der Waals surface area contributed by atoms with E-state index < -0.39 is 0 Å². The van der Waals surface area contributed by atoms with Gasteiger partial charge in [-0.15, -0.1) is 12.8 Å². The van der Waals surface area contributed by atoms with Crippen molar-refractivity contribution in [1.82, 2.24) is 0 Å². The molecule has 0 aromatic heterocycles. The summed E-state index contributed by atoms with van der Waals surface area (Å²) in [7, 11) is 0. The number of hydrogen-bond acceptors (Lipinski definition) is 0. The Morgan fingerprint density at radius 1 is 0.929 bits per heavy atom. The van der Waals surface area contributed by atoms with Gasteiger partial charge in [0.15, 0.2) is 0 Å². The zero-order valence-corrected chi connectivity index (χ0v) is 11.8. The normalized spacial score (nSPS) is 15.9. The second-order valence-electron chi connectivity index (χ2n) is 2.93. The first-order chi connectivity index (χ1) is 5.79. The molecule has 0 fully saturated rings. The third kappa shape index (κ3) is 7.53. The van der Waals surface area contributed by atoms with Crippen molar-refractivity contribution >= 4 is 0 Å². The minimum atomic E-state index is 0. The first-order valence-electron chi connectivity index (χ1n) is 4.27. The van der Waals surface area contributed by atoms with Gasteiger partial charge < -0.3 is 12.4 Å². The molecule has 0 aliphatic heterocycles. The predicted octanol–water partition coefficient (Wildman–Crippen LogP) is 0.393. The minimum absolute atomic E-state index is 0. The average Bonchev–Trinajstić information content (AvgIpc) is 2.63. The summed E-state index contributed by atoms with van der Waals surface area (Å²) in [6, 6.07) is 0. The molecule has 0 saturated carbocycles. The zero-order chi connectivity index (χ0) is 8.81. The fraction of sp³-hybridized carbons (Fsp3) is 0.333. The van der Waals surface area contributed by atoms with Gasteiger partial charge in [-0.1, -0.05) is 13.8 Å². The maximum Gasteiger partial charge on any atom is 3.00 e. The van der Waals surface area contributed by atoms with E-state index in [0.29, 0.717) is 0 Å². The second kappa shape index (κ2) is 9.68. The Bertz CT molecular complexity index is 226. The van der Waals surface area contributed by atoms with E-state index in [-0.39, 0.29) is 38.6 Å². The van der Waals surface area contributed by atoms with E-state index in [0.717, 1.165) is 12.8 Å². The summed E-state index contributed by atoms with van der Waals surface area (Å²) in [5.41, 5.74) is 2.55. The van der Waals surface area contributed by atoms with Crippen molar-refractivity contribution in [3.05, 3.63) is 47.6 Å². The molecule has 0 unspecified atom stereocenters. The van der Waals surface area contributed by atoms with Crippen LogP contribution in [0.5, 0.6) is 0 Å². The van der Waals surface area contributed by atoms with Gasteiger partial charge in [0.05, 0.1) is 0 Å². The molecule has 0 heterocycles. The zero-order valence-electron chi connectivity index (χ0n) is 8.60. The molecule has 0 atom stereocenters. The Morgan fingerprint density at radius 3 is 1.36 bits per heavy atom. The van der Waals surface area contributed by atoms with Crippen LogP contribution in [0.15, 0.2) is 35.5 Å². The summed E-state index contributed by atoms with van der Waals surface area (Å²) in [5, 5.41) is 0. The molecule has 2 rings (SSSR count). The number of allylic oxidation sites excluding steroid dienone is 8. The molecule has 0 amide bonds. The fourth-order valence-corrected chi connectivity index (χ4v) is 1.03. The van der Waals surface area contributed by atoms with Gasteiger partial charge >= 0.3 is 26.2 Å². The summed E-state index contributed by atoms with van der Waals surface area (Å²) in [4.78, 5) is 0. The minimum Gasteiger partial charge on any atom is -1.00 e. The Labute approximate surface area is 112 Å². The topological polar surface area (TPSA) is 0 Å². The standard InChI is InChI=1S/2C6H7.ClH.Zr/c2*1-6-4-2-3-5-6;;/h2*2,4H,3H2,1H3;1H;/q2*-1;;+3/p-1. The molecule has 2 aliphatic carbocycles. The molecule has 0 aromatic rings. The summed E-state index contributed by atoms with van der Waals surface area (Å²) < 4.78 is 0. The van der Waals surface area contributed by atoms with Gasteiger partial charge in [-0.25, -0.2) is 23.3 Å². The number of rotatable bonds is 0. The van der Waals surface area contributed by atoms with Gasteiger partial charge in [-0.05, 0) is 0 Å². The Kier molecular flexibility index (Phi) is 11.4. The molecule has 2 aliphatic rings. The van der Waals surface area contributed by atoms with Gasteiger partial charge in [0.25, 0.3) is 0 Å². The number of halogens is 1. The van der Waals surface area contributed by atoms with E-state index in [1.165, 1.54) is 11.1 Å². The van der Waals surface area contributed by atoms with Crippen LogP contribution in [0, 0.1) is 12.2 Å². The Morgan fingerprint density at radius 2 is 1.29 bits per heavy atom. The van der Waals surface area contributed by atoms with E-state index >= 15 is 0 Å². The van der Waals surface area contributed by atoms with E-state index in [2.05, 4.69) is 50.3 Å². The van der Waals surface area contributed by atoms with Crippen LogP contribution in [-0.4, -0.2) is 0 Å². The van der Waals surface area contributed by atoms with Gasteiger partial charge in [-0.3, -0.25) is 12.2 Å². The molecule has 14 heavy (non-hydrogen) atoms. The maximum absolute atomic E-state index is 3.12. The first-order valence-corrected chi connectivity index (χ1v) is 4.27. The van der Waals surface area contributed by atoms with Crippen LogP contribution in [0.25, 0.3) is 0 Å². The molecular formula is C12H14ClZr. The molecule has 1 radical (unpaired) electrons. The van der Waals surface area contributed by atoms with Gasteiger partial charge in [-0.2, -0.15) is 12.2 Å². The quantitative estimate of drug-likeness (QED) is 0.565. The van der Waals surface area contributed by atoms with Crippen molar-refractivity contribution in [2.24, 2.45) is 0 Å². The van der Waals surface area contributed by atoms with Gasteiger partial charge in [0.1, 0.15) is 0 Å². The molecule has 0 bridgehead atoms. The summed E-state index contributed by atoms with van der Waals surface area (Å²) >= 11 is 0. The van der Waals surface area contributed by atoms with E-state index in [1.54, 1.807) is 0 Å². The van der Waals surface area contributed by atoms with Crippen LogP contribution in [0.1, 0.15) is 26.7 Å². The smallest absolute Gasteiger partial charge is 1.00 e. The van der Waals surface area contributed by atoms with Gasteiger partial charge in [0, 0.05) is 0 Å². The van der Waals surface area contributed by atoms with E-state index in [4.69, 9.17) is 0 Å². The van der Waals surface area contributed by atoms with Gasteiger partial charge in [0.2, 0.25) is 0 Å². The summed E-state index contributed by atoms with van der Waals surface area (Å²) in [6.45, 7) is 4.12. The Balaban J connectivity index is 0. The summed E-state index contributed by atoms with van der Waals surface area (Å²) in [6.07, 6.45) is 16.7. The molecule has 2 heteroatoms. The fourth-order valence-electron chi connectivity index (χ4n) is 1.03. The van der Waals surface area contributed by atoms with E-state index in [1.807, 2.05) is 0 Å². The molecule has 0 aromatic carbocycles. The van der Waals surface area contributed by atoms with Crippen LogP contribution in [0.3, 0.4) is 0 Å². The van der Waals surface area contributed by atoms with Crippen molar-refractivity contribution in [1.29, 1.82) is 0 Å². The number of hydrogen-bond donors (Lipinski definition) is 0. The third-order valence-corrected chi connectivity index (χ3v) is 1.73. The SMILES string of the molecule is CC1=[C-]CC=C1.CC1=[C-]CC=C1.[Cl-].[Zr+3]. The molecule has 0 saturated heterocycles. The Hall–Kier alpha value is 0.133. The van der Waals surface area contributed by atoms with E-state index in [9.17, 15) is 0 Å². The molecule has 0 nitrogen and oxygen atoms in total.